The average Bonchev–Trinajstić information content (AvgIpc) is 2.46. The lowest BCUT2D eigenvalue weighted by Crippen LogP contribution is -2.15. The minimum atomic E-state index is -0.477. The van der Waals surface area contributed by atoms with E-state index in [0.29, 0.717) is 12.3 Å². The first kappa shape index (κ1) is 14.7. The molecule has 2 nitrogen and oxygen atoms in total. The molecule has 1 saturated carbocycles. The number of aliphatic hydroxyl groups is 1. The molecule has 0 amide bonds. The summed E-state index contributed by atoms with van der Waals surface area (Å²) in [6, 6.07) is 7.98. The molecule has 19 heavy (non-hydrogen) atoms. The molecule has 0 bridgehead atoms. The maximum absolute atomic E-state index is 9.56. The van der Waals surface area contributed by atoms with E-state index in [-0.39, 0.29) is 5.88 Å². The van der Waals surface area contributed by atoms with Gasteiger partial charge >= 0.3 is 0 Å². The van der Waals surface area contributed by atoms with Crippen LogP contribution in [0.4, 0.5) is 0 Å². The molecule has 1 atom stereocenters. The molecule has 3 heteroatoms. The van der Waals surface area contributed by atoms with E-state index in [4.69, 9.17) is 16.3 Å². The van der Waals surface area contributed by atoms with Gasteiger partial charge in [-0.25, -0.2) is 0 Å². The lowest BCUT2D eigenvalue weighted by atomic mass is 9.90. The predicted octanol–water partition coefficient (Wildman–Crippen LogP) is 3.79. The first-order chi connectivity index (χ1) is 9.28. The first-order valence-electron chi connectivity index (χ1n) is 7.23. The first-order valence-corrected chi connectivity index (χ1v) is 7.77. The maximum Gasteiger partial charge on any atom is 0.119 e. The van der Waals surface area contributed by atoms with Crippen LogP contribution in [0.3, 0.4) is 0 Å². The molecular weight excluding hydrogens is 260 g/mol. The van der Waals surface area contributed by atoms with Crippen molar-refractivity contribution in [1.29, 1.82) is 0 Å². The van der Waals surface area contributed by atoms with Gasteiger partial charge in [-0.3, -0.25) is 0 Å². The molecule has 1 aromatic rings. The Labute approximate surface area is 120 Å². The molecule has 0 aliphatic heterocycles. The zero-order valence-electron chi connectivity index (χ0n) is 11.4. The number of hydrogen-bond donors (Lipinski definition) is 1. The second kappa shape index (κ2) is 7.76. The normalized spacial score (nSPS) is 18.2. The van der Waals surface area contributed by atoms with Crippen molar-refractivity contribution in [3.8, 4) is 5.75 Å². The Morgan fingerprint density at radius 2 is 2.05 bits per heavy atom. The molecule has 1 unspecified atom stereocenters. The van der Waals surface area contributed by atoms with Gasteiger partial charge in [0.15, 0.2) is 0 Å². The van der Waals surface area contributed by atoms with Crippen LogP contribution in [0, 0.1) is 5.92 Å². The largest absolute Gasteiger partial charge is 0.493 e. The summed E-state index contributed by atoms with van der Waals surface area (Å²) >= 11 is 5.62. The summed E-state index contributed by atoms with van der Waals surface area (Å²) < 4.78 is 5.89. The van der Waals surface area contributed by atoms with Crippen LogP contribution in [0.25, 0.3) is 0 Å². The minimum Gasteiger partial charge on any atom is -0.493 e. The van der Waals surface area contributed by atoms with Crippen LogP contribution in [0.2, 0.25) is 0 Å². The third-order valence-electron chi connectivity index (χ3n) is 3.76. The number of benzene rings is 1. The summed E-state index contributed by atoms with van der Waals surface area (Å²) in [6.45, 7) is 0.821. The monoisotopic (exact) mass is 282 g/mol. The summed E-state index contributed by atoms with van der Waals surface area (Å²) in [5.41, 5.74) is 1.08. The molecule has 106 valence electrons. The molecular formula is C16H23ClO2. The Morgan fingerprint density at radius 3 is 2.79 bits per heavy atom. The molecule has 2 rings (SSSR count). The topological polar surface area (TPSA) is 29.5 Å². The van der Waals surface area contributed by atoms with Crippen molar-refractivity contribution in [2.45, 2.75) is 44.6 Å². The molecule has 0 spiro atoms. The van der Waals surface area contributed by atoms with Gasteiger partial charge in [-0.15, -0.1) is 11.6 Å². The lowest BCUT2D eigenvalue weighted by Gasteiger charge is -2.21. The molecule has 0 radical (unpaired) electrons. The van der Waals surface area contributed by atoms with E-state index in [1.54, 1.807) is 0 Å². The Morgan fingerprint density at radius 1 is 1.26 bits per heavy atom. The predicted molar refractivity (Wildman–Crippen MR) is 78.9 cm³/mol. The van der Waals surface area contributed by atoms with E-state index in [2.05, 4.69) is 0 Å². The fourth-order valence-corrected chi connectivity index (χ4v) is 2.77. The van der Waals surface area contributed by atoms with Crippen molar-refractivity contribution in [2.75, 3.05) is 12.5 Å². The molecule has 1 N–H and O–H groups in total. The quantitative estimate of drug-likeness (QED) is 0.805. The third kappa shape index (κ3) is 5.04. The van der Waals surface area contributed by atoms with E-state index in [9.17, 15) is 5.11 Å². The van der Waals surface area contributed by atoms with E-state index >= 15 is 0 Å². The number of halogens is 1. The van der Waals surface area contributed by atoms with Gasteiger partial charge in [-0.05, 0) is 42.9 Å². The summed E-state index contributed by atoms with van der Waals surface area (Å²) in [7, 11) is 0. The Hall–Kier alpha value is -0.730. The van der Waals surface area contributed by atoms with Crippen molar-refractivity contribution in [2.24, 2.45) is 5.92 Å². The van der Waals surface area contributed by atoms with Gasteiger partial charge in [0.1, 0.15) is 5.75 Å². The van der Waals surface area contributed by atoms with E-state index in [0.717, 1.165) is 17.9 Å². The molecule has 1 aliphatic carbocycles. The van der Waals surface area contributed by atoms with Gasteiger partial charge in [0.05, 0.1) is 12.7 Å². The third-order valence-corrected chi connectivity index (χ3v) is 4.11. The van der Waals surface area contributed by atoms with Crippen molar-refractivity contribution >= 4 is 11.6 Å². The van der Waals surface area contributed by atoms with Crippen LogP contribution in [-0.2, 0) is 6.42 Å². The number of alkyl halides is 1. The van der Waals surface area contributed by atoms with Crippen LogP contribution in [0.15, 0.2) is 24.3 Å². The second-order valence-electron chi connectivity index (χ2n) is 5.47. The van der Waals surface area contributed by atoms with Gasteiger partial charge in [-0.2, -0.15) is 0 Å². The van der Waals surface area contributed by atoms with Gasteiger partial charge in [-0.1, -0.05) is 31.4 Å². The number of rotatable bonds is 6. The molecule has 1 aromatic carbocycles. The van der Waals surface area contributed by atoms with Crippen LogP contribution < -0.4 is 4.74 Å². The molecule has 1 fully saturated rings. The van der Waals surface area contributed by atoms with Gasteiger partial charge < -0.3 is 9.84 Å². The van der Waals surface area contributed by atoms with Crippen LogP contribution in [-0.4, -0.2) is 23.7 Å². The Balaban J connectivity index is 1.84. The molecule has 0 saturated heterocycles. The SMILES string of the molecule is OC(CCl)Cc1cccc(OCC2CCCCC2)c1. The summed E-state index contributed by atoms with van der Waals surface area (Å²) in [5, 5.41) is 9.56. The van der Waals surface area contributed by atoms with E-state index in [1.165, 1.54) is 32.1 Å². The van der Waals surface area contributed by atoms with E-state index in [1.807, 2.05) is 24.3 Å². The van der Waals surface area contributed by atoms with Crippen molar-refractivity contribution in [3.05, 3.63) is 29.8 Å². The van der Waals surface area contributed by atoms with Crippen LogP contribution >= 0.6 is 11.6 Å². The fourth-order valence-electron chi connectivity index (χ4n) is 2.66. The highest BCUT2D eigenvalue weighted by molar-refractivity contribution is 6.18. The number of ether oxygens (including phenoxy) is 1. The van der Waals surface area contributed by atoms with Crippen LogP contribution in [0.1, 0.15) is 37.7 Å². The van der Waals surface area contributed by atoms with Crippen molar-refractivity contribution in [3.63, 3.8) is 0 Å². The average molecular weight is 283 g/mol. The van der Waals surface area contributed by atoms with E-state index < -0.39 is 6.10 Å². The van der Waals surface area contributed by atoms with Crippen LogP contribution in [0.5, 0.6) is 5.75 Å². The summed E-state index contributed by atoms with van der Waals surface area (Å²) in [6.07, 6.45) is 6.77. The summed E-state index contributed by atoms with van der Waals surface area (Å²) in [5.74, 6) is 1.89. The number of hydrogen-bond acceptors (Lipinski definition) is 2. The summed E-state index contributed by atoms with van der Waals surface area (Å²) in [4.78, 5) is 0. The molecule has 0 aromatic heterocycles. The van der Waals surface area contributed by atoms with Gasteiger partial charge in [0.25, 0.3) is 0 Å². The second-order valence-corrected chi connectivity index (χ2v) is 5.78. The van der Waals surface area contributed by atoms with Crippen molar-refractivity contribution in [1.82, 2.24) is 0 Å². The zero-order valence-corrected chi connectivity index (χ0v) is 12.1. The van der Waals surface area contributed by atoms with Gasteiger partial charge in [0.2, 0.25) is 0 Å². The number of aliphatic hydroxyl groups excluding tert-OH is 1. The Kier molecular flexibility index (Phi) is 5.99. The van der Waals surface area contributed by atoms with Crippen molar-refractivity contribution < 1.29 is 9.84 Å². The van der Waals surface area contributed by atoms with Gasteiger partial charge in [0, 0.05) is 5.88 Å². The highest BCUT2D eigenvalue weighted by Gasteiger charge is 2.14. The minimum absolute atomic E-state index is 0.271. The highest BCUT2D eigenvalue weighted by Crippen LogP contribution is 2.25. The fraction of sp³-hybridized carbons (Fsp3) is 0.625. The molecule has 1 aliphatic rings. The standard InChI is InChI=1S/C16H23ClO2/c17-11-15(18)9-14-7-4-8-16(10-14)19-12-13-5-2-1-3-6-13/h4,7-8,10,13,15,18H,1-3,5-6,9,11-12H2. The highest BCUT2D eigenvalue weighted by atomic mass is 35.5. The molecule has 0 heterocycles. The lowest BCUT2D eigenvalue weighted by molar-refractivity contribution is 0.197. The zero-order chi connectivity index (χ0) is 13.5. The maximum atomic E-state index is 9.56. The smallest absolute Gasteiger partial charge is 0.119 e. The Bertz CT molecular complexity index is 375.